The maximum Gasteiger partial charge on any atom is 0.00838 e. The van der Waals surface area contributed by atoms with E-state index in [4.69, 9.17) is 0 Å². The first-order valence-electron chi connectivity index (χ1n) is 8.97. The van der Waals surface area contributed by atoms with Crippen LogP contribution in [0.4, 0.5) is 0 Å². The van der Waals surface area contributed by atoms with Gasteiger partial charge in [0.05, 0.1) is 0 Å². The molecule has 0 heterocycles. The topological polar surface area (TPSA) is 0 Å². The minimum atomic E-state index is 0.141. The van der Waals surface area contributed by atoms with Crippen molar-refractivity contribution in [3.8, 4) is 0 Å². The number of hydrogen-bond donors (Lipinski definition) is 0. The van der Waals surface area contributed by atoms with Crippen molar-refractivity contribution < 1.29 is 0 Å². The zero-order valence-electron chi connectivity index (χ0n) is 15.1. The Labute approximate surface area is 145 Å². The van der Waals surface area contributed by atoms with E-state index in [2.05, 4.69) is 101 Å². The molecule has 2 aromatic rings. The standard InChI is InChI=1S/C24H26/c1-23(2,21-15-13-17-9-5-7-11-19(17)21)24(3,4)22-16-14-18-10-6-8-12-20(18)22/h5-16,21-22H,1-4H3. The summed E-state index contributed by atoms with van der Waals surface area (Å²) >= 11 is 0. The Kier molecular flexibility index (Phi) is 3.35. The normalized spacial score (nSPS) is 21.8. The Morgan fingerprint density at radius 1 is 0.583 bits per heavy atom. The highest BCUT2D eigenvalue weighted by Crippen LogP contribution is 2.59. The summed E-state index contributed by atoms with van der Waals surface area (Å²) in [5.41, 5.74) is 6.00. The molecule has 0 amide bonds. The average molecular weight is 314 g/mol. The molecule has 2 atom stereocenters. The molecule has 24 heavy (non-hydrogen) atoms. The molecule has 2 unspecified atom stereocenters. The molecule has 0 heteroatoms. The van der Waals surface area contributed by atoms with Gasteiger partial charge in [-0.15, -0.1) is 0 Å². The van der Waals surface area contributed by atoms with E-state index >= 15 is 0 Å². The fourth-order valence-electron chi connectivity index (χ4n) is 4.56. The summed E-state index contributed by atoms with van der Waals surface area (Å²) in [5.74, 6) is 0.926. The molecule has 0 N–H and O–H groups in total. The lowest BCUT2D eigenvalue weighted by Crippen LogP contribution is -2.40. The molecule has 2 aliphatic rings. The Morgan fingerprint density at radius 3 is 1.38 bits per heavy atom. The van der Waals surface area contributed by atoms with Crippen LogP contribution in [0.5, 0.6) is 0 Å². The molecule has 0 spiro atoms. The van der Waals surface area contributed by atoms with Crippen LogP contribution in [0.15, 0.2) is 60.7 Å². The van der Waals surface area contributed by atoms with Gasteiger partial charge in [0.25, 0.3) is 0 Å². The SMILES string of the molecule is CC(C)(C1C=Cc2ccccc21)C(C)(C)C1C=Cc2ccccc21. The minimum absolute atomic E-state index is 0.141. The molecule has 0 saturated carbocycles. The van der Waals surface area contributed by atoms with Crippen molar-refractivity contribution in [2.75, 3.05) is 0 Å². The van der Waals surface area contributed by atoms with Crippen LogP contribution in [0.2, 0.25) is 0 Å². The molecule has 0 fully saturated rings. The van der Waals surface area contributed by atoms with E-state index in [1.54, 1.807) is 0 Å². The van der Waals surface area contributed by atoms with Crippen LogP contribution in [0.3, 0.4) is 0 Å². The largest absolute Gasteiger partial charge is 0.0758 e. The van der Waals surface area contributed by atoms with E-state index in [0.717, 1.165) is 0 Å². The molecule has 0 saturated heterocycles. The summed E-state index contributed by atoms with van der Waals surface area (Å²) in [6.45, 7) is 9.77. The van der Waals surface area contributed by atoms with Gasteiger partial charge in [0.2, 0.25) is 0 Å². The smallest absolute Gasteiger partial charge is 0.00838 e. The van der Waals surface area contributed by atoms with E-state index in [1.807, 2.05) is 0 Å². The first-order valence-corrected chi connectivity index (χ1v) is 8.97. The number of rotatable bonds is 3. The second-order valence-electron chi connectivity index (χ2n) is 8.37. The van der Waals surface area contributed by atoms with Gasteiger partial charge >= 0.3 is 0 Å². The lowest BCUT2D eigenvalue weighted by atomic mass is 9.54. The lowest BCUT2D eigenvalue weighted by Gasteiger charge is -2.49. The second kappa shape index (κ2) is 5.21. The van der Waals surface area contributed by atoms with Gasteiger partial charge in [0.1, 0.15) is 0 Å². The third-order valence-electron chi connectivity index (χ3n) is 6.81. The van der Waals surface area contributed by atoms with Gasteiger partial charge in [-0.1, -0.05) is 101 Å². The quantitative estimate of drug-likeness (QED) is 0.594. The van der Waals surface area contributed by atoms with E-state index in [0.29, 0.717) is 11.8 Å². The predicted octanol–water partition coefficient (Wildman–Crippen LogP) is 6.66. The molecule has 0 radical (unpaired) electrons. The lowest BCUT2D eigenvalue weighted by molar-refractivity contribution is 0.0778. The maximum atomic E-state index is 2.44. The number of allylic oxidation sites excluding steroid dienone is 2. The van der Waals surface area contributed by atoms with Gasteiger partial charge in [0.15, 0.2) is 0 Å². The van der Waals surface area contributed by atoms with Crippen LogP contribution in [0.25, 0.3) is 12.2 Å². The van der Waals surface area contributed by atoms with Crippen LogP contribution in [-0.2, 0) is 0 Å². The molecular weight excluding hydrogens is 288 g/mol. The Bertz CT molecular complexity index is 761. The summed E-state index contributed by atoms with van der Waals surface area (Å²) in [6.07, 6.45) is 9.43. The Hall–Kier alpha value is -2.08. The summed E-state index contributed by atoms with van der Waals surface area (Å²) < 4.78 is 0. The molecular formula is C24H26. The van der Waals surface area contributed by atoms with Crippen LogP contribution < -0.4 is 0 Å². The number of hydrogen-bond acceptors (Lipinski definition) is 0. The van der Waals surface area contributed by atoms with E-state index in [9.17, 15) is 0 Å². The number of fused-ring (bicyclic) bond motifs is 2. The second-order valence-corrected chi connectivity index (χ2v) is 8.37. The summed E-state index contributed by atoms with van der Waals surface area (Å²) in [5, 5.41) is 0. The van der Waals surface area contributed by atoms with Crippen molar-refractivity contribution in [2.24, 2.45) is 10.8 Å². The highest BCUT2D eigenvalue weighted by Gasteiger charge is 2.49. The summed E-state index contributed by atoms with van der Waals surface area (Å²) in [6, 6.07) is 17.7. The van der Waals surface area contributed by atoms with Gasteiger partial charge in [-0.2, -0.15) is 0 Å². The Balaban J connectivity index is 1.75. The first-order chi connectivity index (χ1) is 11.4. The summed E-state index contributed by atoms with van der Waals surface area (Å²) in [4.78, 5) is 0. The van der Waals surface area contributed by atoms with Crippen molar-refractivity contribution in [3.63, 3.8) is 0 Å². The highest BCUT2D eigenvalue weighted by atomic mass is 14.5. The van der Waals surface area contributed by atoms with Crippen LogP contribution in [0, 0.1) is 10.8 Å². The average Bonchev–Trinajstić information content (AvgIpc) is 3.19. The van der Waals surface area contributed by atoms with E-state index < -0.39 is 0 Å². The molecule has 0 nitrogen and oxygen atoms in total. The molecule has 122 valence electrons. The van der Waals surface area contributed by atoms with Gasteiger partial charge < -0.3 is 0 Å². The van der Waals surface area contributed by atoms with Crippen LogP contribution >= 0.6 is 0 Å². The minimum Gasteiger partial charge on any atom is -0.0758 e. The first kappa shape index (κ1) is 15.4. The highest BCUT2D eigenvalue weighted by molar-refractivity contribution is 5.65. The van der Waals surface area contributed by atoms with E-state index in [-0.39, 0.29) is 10.8 Å². The van der Waals surface area contributed by atoms with Crippen molar-refractivity contribution >= 4 is 12.2 Å². The fraction of sp³-hybridized carbons (Fsp3) is 0.333. The van der Waals surface area contributed by atoms with Crippen LogP contribution in [0.1, 0.15) is 61.8 Å². The molecule has 4 rings (SSSR count). The maximum absolute atomic E-state index is 2.44. The molecule has 2 aromatic carbocycles. The van der Waals surface area contributed by atoms with Crippen LogP contribution in [-0.4, -0.2) is 0 Å². The van der Waals surface area contributed by atoms with Gasteiger partial charge in [-0.25, -0.2) is 0 Å². The van der Waals surface area contributed by atoms with Gasteiger partial charge in [-0.3, -0.25) is 0 Å². The van der Waals surface area contributed by atoms with Crippen molar-refractivity contribution in [1.29, 1.82) is 0 Å². The summed E-state index contributed by atoms with van der Waals surface area (Å²) in [7, 11) is 0. The predicted molar refractivity (Wildman–Crippen MR) is 104 cm³/mol. The molecule has 0 aromatic heterocycles. The monoisotopic (exact) mass is 314 g/mol. The van der Waals surface area contributed by atoms with Crippen molar-refractivity contribution in [1.82, 2.24) is 0 Å². The fourth-order valence-corrected chi connectivity index (χ4v) is 4.56. The third kappa shape index (κ3) is 2.05. The zero-order valence-corrected chi connectivity index (χ0v) is 15.1. The van der Waals surface area contributed by atoms with E-state index in [1.165, 1.54) is 22.3 Å². The third-order valence-corrected chi connectivity index (χ3v) is 6.81. The van der Waals surface area contributed by atoms with Gasteiger partial charge in [-0.05, 0) is 33.1 Å². The van der Waals surface area contributed by atoms with Crippen molar-refractivity contribution in [3.05, 3.63) is 82.9 Å². The molecule has 2 aliphatic carbocycles. The molecule has 0 aliphatic heterocycles. The zero-order chi connectivity index (χ0) is 16.9. The Morgan fingerprint density at radius 2 is 0.958 bits per heavy atom. The molecule has 0 bridgehead atoms. The van der Waals surface area contributed by atoms with Crippen molar-refractivity contribution in [2.45, 2.75) is 39.5 Å². The number of benzene rings is 2. The van der Waals surface area contributed by atoms with Gasteiger partial charge in [0, 0.05) is 11.8 Å².